The summed E-state index contributed by atoms with van der Waals surface area (Å²) in [7, 11) is 0. The number of rotatable bonds is 3. The van der Waals surface area contributed by atoms with Crippen molar-refractivity contribution in [1.29, 1.82) is 0 Å². The summed E-state index contributed by atoms with van der Waals surface area (Å²) in [5.41, 5.74) is 14.0. The molecule has 5 aromatic rings. The van der Waals surface area contributed by atoms with Crippen LogP contribution >= 0.6 is 0 Å². The Kier molecular flexibility index (Phi) is 5.04. The molecule has 0 spiro atoms. The summed E-state index contributed by atoms with van der Waals surface area (Å²) in [4.78, 5) is 8.91. The summed E-state index contributed by atoms with van der Waals surface area (Å²) in [6.45, 7) is 8.54. The molecule has 0 saturated heterocycles. The number of aromatic nitrogens is 1. The molecule has 1 N–H and O–H groups in total. The van der Waals surface area contributed by atoms with Gasteiger partial charge in [-0.15, -0.1) is 0 Å². The summed E-state index contributed by atoms with van der Waals surface area (Å²) >= 11 is 0. The molecule has 0 atom stereocenters. The molecule has 2 heterocycles. The lowest BCUT2D eigenvalue weighted by molar-refractivity contribution is 1.37. The van der Waals surface area contributed by atoms with E-state index < -0.39 is 0 Å². The molecule has 1 aromatic heterocycles. The first-order valence-corrected chi connectivity index (χ1v) is 12.1. The standard InChI is InChI=1S/C33H28N2/c1-20-5-11-24(12-6-20)32-28-17-22(3)9-15-26(28)30(34-32)19-31-27-16-10-23(4)18-29(27)33(35-31)25-13-7-21(2)8-14-25/h5-19,34H,1-4H3/b31-19-. The zero-order valence-electron chi connectivity index (χ0n) is 20.6. The van der Waals surface area contributed by atoms with Crippen molar-refractivity contribution in [3.05, 3.63) is 130 Å². The van der Waals surface area contributed by atoms with E-state index in [0.29, 0.717) is 0 Å². The van der Waals surface area contributed by atoms with Gasteiger partial charge in [-0.3, -0.25) is 0 Å². The van der Waals surface area contributed by atoms with Crippen molar-refractivity contribution in [3.63, 3.8) is 0 Å². The summed E-state index contributed by atoms with van der Waals surface area (Å²) in [5, 5.41) is 2.46. The summed E-state index contributed by atoms with van der Waals surface area (Å²) in [5.74, 6) is 0. The number of benzene rings is 4. The van der Waals surface area contributed by atoms with Gasteiger partial charge in [0, 0.05) is 33.2 Å². The summed E-state index contributed by atoms with van der Waals surface area (Å²) in [6, 6.07) is 30.7. The molecule has 6 rings (SSSR count). The van der Waals surface area contributed by atoms with Crippen molar-refractivity contribution in [3.8, 4) is 11.3 Å². The van der Waals surface area contributed by atoms with E-state index in [9.17, 15) is 0 Å². The van der Waals surface area contributed by atoms with E-state index in [-0.39, 0.29) is 0 Å². The molecule has 0 amide bonds. The zero-order chi connectivity index (χ0) is 24.1. The van der Waals surface area contributed by atoms with Crippen LogP contribution in [0.4, 0.5) is 0 Å². The van der Waals surface area contributed by atoms with Crippen molar-refractivity contribution < 1.29 is 0 Å². The second kappa shape index (κ2) is 8.25. The Morgan fingerprint density at radius 2 is 1.17 bits per heavy atom. The van der Waals surface area contributed by atoms with Gasteiger partial charge >= 0.3 is 0 Å². The van der Waals surface area contributed by atoms with Crippen LogP contribution in [0.25, 0.3) is 33.8 Å². The van der Waals surface area contributed by atoms with Gasteiger partial charge in [0.2, 0.25) is 0 Å². The minimum absolute atomic E-state index is 0.995. The van der Waals surface area contributed by atoms with Gasteiger partial charge in [0.25, 0.3) is 0 Å². The highest BCUT2D eigenvalue weighted by Crippen LogP contribution is 2.37. The van der Waals surface area contributed by atoms with E-state index in [1.165, 1.54) is 49.7 Å². The lowest BCUT2D eigenvalue weighted by Gasteiger charge is -2.05. The molecule has 1 aliphatic rings. The quantitative estimate of drug-likeness (QED) is 0.285. The Labute approximate surface area is 206 Å². The maximum Gasteiger partial charge on any atom is 0.0788 e. The molecule has 170 valence electrons. The van der Waals surface area contributed by atoms with Crippen molar-refractivity contribution in [1.82, 2.24) is 4.98 Å². The van der Waals surface area contributed by atoms with Crippen LogP contribution in [0.5, 0.6) is 0 Å². The zero-order valence-corrected chi connectivity index (χ0v) is 20.6. The van der Waals surface area contributed by atoms with Gasteiger partial charge < -0.3 is 4.98 Å². The lowest BCUT2D eigenvalue weighted by atomic mass is 9.96. The van der Waals surface area contributed by atoms with Gasteiger partial charge in [0.05, 0.1) is 17.1 Å². The van der Waals surface area contributed by atoms with Gasteiger partial charge in [-0.1, -0.05) is 95.1 Å². The maximum absolute atomic E-state index is 5.17. The van der Waals surface area contributed by atoms with Crippen LogP contribution in [0.1, 0.15) is 44.6 Å². The van der Waals surface area contributed by atoms with Crippen LogP contribution in [0.15, 0.2) is 89.9 Å². The number of aryl methyl sites for hydroxylation is 4. The Morgan fingerprint density at radius 1 is 0.571 bits per heavy atom. The number of nitrogens with one attached hydrogen (secondary N) is 1. The number of aliphatic imine (C=N–C) groups is 1. The van der Waals surface area contributed by atoms with Crippen molar-refractivity contribution in [2.45, 2.75) is 27.7 Å². The van der Waals surface area contributed by atoms with E-state index in [1.54, 1.807) is 0 Å². The molecule has 0 unspecified atom stereocenters. The van der Waals surface area contributed by atoms with Crippen molar-refractivity contribution in [2.75, 3.05) is 0 Å². The predicted octanol–water partition coefficient (Wildman–Crippen LogP) is 8.42. The van der Waals surface area contributed by atoms with Gasteiger partial charge in [-0.2, -0.15) is 0 Å². The predicted molar refractivity (Wildman–Crippen MR) is 149 cm³/mol. The third-order valence-corrected chi connectivity index (χ3v) is 6.88. The summed E-state index contributed by atoms with van der Waals surface area (Å²) < 4.78 is 0. The first kappa shape index (κ1) is 21.4. The van der Waals surface area contributed by atoms with Crippen LogP contribution in [0.2, 0.25) is 0 Å². The Balaban J connectivity index is 1.55. The smallest absolute Gasteiger partial charge is 0.0788 e. The summed E-state index contributed by atoms with van der Waals surface area (Å²) in [6.07, 6.45) is 2.21. The fourth-order valence-electron chi connectivity index (χ4n) is 4.93. The molecule has 2 heteroatoms. The molecule has 0 bridgehead atoms. The number of hydrogen-bond acceptors (Lipinski definition) is 1. The van der Waals surface area contributed by atoms with Crippen LogP contribution < -0.4 is 0 Å². The number of fused-ring (bicyclic) bond motifs is 2. The van der Waals surface area contributed by atoms with Crippen LogP contribution in [-0.4, -0.2) is 10.7 Å². The van der Waals surface area contributed by atoms with Crippen LogP contribution in [0, 0.1) is 27.7 Å². The molecule has 35 heavy (non-hydrogen) atoms. The number of hydrogen-bond donors (Lipinski definition) is 1. The minimum atomic E-state index is 0.995. The third kappa shape index (κ3) is 3.81. The molecule has 2 nitrogen and oxygen atoms in total. The molecule has 0 aliphatic carbocycles. The molecule has 1 aliphatic heterocycles. The molecule has 0 radical (unpaired) electrons. The van der Waals surface area contributed by atoms with E-state index in [1.807, 2.05) is 0 Å². The van der Waals surface area contributed by atoms with E-state index in [2.05, 4.69) is 124 Å². The number of nitrogens with zero attached hydrogens (tertiary/aromatic N) is 1. The number of H-pyrrole nitrogens is 1. The second-order valence-electron chi connectivity index (χ2n) is 9.73. The Morgan fingerprint density at radius 3 is 1.89 bits per heavy atom. The van der Waals surface area contributed by atoms with Gasteiger partial charge in [-0.05, 0) is 51.5 Å². The van der Waals surface area contributed by atoms with Crippen LogP contribution in [0.3, 0.4) is 0 Å². The van der Waals surface area contributed by atoms with E-state index in [4.69, 9.17) is 4.99 Å². The Hall–Kier alpha value is -4.17. The topological polar surface area (TPSA) is 28.1 Å². The third-order valence-electron chi connectivity index (χ3n) is 6.88. The van der Waals surface area contributed by atoms with Crippen LogP contribution in [-0.2, 0) is 0 Å². The molecular formula is C33H28N2. The average Bonchev–Trinajstić information content (AvgIpc) is 3.38. The van der Waals surface area contributed by atoms with E-state index in [0.717, 1.165) is 28.4 Å². The van der Waals surface area contributed by atoms with Gasteiger partial charge in [-0.25, -0.2) is 4.99 Å². The molecule has 4 aromatic carbocycles. The Bertz CT molecular complexity index is 1640. The molecule has 0 fully saturated rings. The maximum atomic E-state index is 5.17. The highest BCUT2D eigenvalue weighted by Gasteiger charge is 2.22. The van der Waals surface area contributed by atoms with Gasteiger partial charge in [0.1, 0.15) is 0 Å². The lowest BCUT2D eigenvalue weighted by Crippen LogP contribution is -2.01. The fourth-order valence-corrected chi connectivity index (χ4v) is 4.93. The average molecular weight is 453 g/mol. The first-order chi connectivity index (χ1) is 17.0. The monoisotopic (exact) mass is 452 g/mol. The first-order valence-electron chi connectivity index (χ1n) is 12.1. The highest BCUT2D eigenvalue weighted by atomic mass is 14.8. The largest absolute Gasteiger partial charge is 0.354 e. The van der Waals surface area contributed by atoms with Crippen molar-refractivity contribution in [2.24, 2.45) is 4.99 Å². The van der Waals surface area contributed by atoms with Crippen molar-refractivity contribution >= 4 is 28.3 Å². The minimum Gasteiger partial charge on any atom is -0.354 e. The fraction of sp³-hybridized carbons (Fsp3) is 0.121. The normalized spacial score (nSPS) is 13.9. The molecule has 0 saturated carbocycles. The SMILES string of the molecule is Cc1ccc(C2=N/C(=C\c3[nH]c(-c4ccc(C)cc4)c4cc(C)ccc34)c3ccc(C)cc32)cc1. The highest BCUT2D eigenvalue weighted by molar-refractivity contribution is 6.22. The van der Waals surface area contributed by atoms with Gasteiger partial charge in [0.15, 0.2) is 0 Å². The molecular weight excluding hydrogens is 424 g/mol. The number of aromatic amines is 1. The second-order valence-corrected chi connectivity index (χ2v) is 9.73. The van der Waals surface area contributed by atoms with E-state index >= 15 is 0 Å².